The number of rotatable bonds is 7. The van der Waals surface area contributed by atoms with E-state index in [-0.39, 0.29) is 40.6 Å². The Morgan fingerprint density at radius 2 is 1.78 bits per heavy atom. The molecule has 5 aromatic rings. The molecule has 1 spiro atoms. The second-order valence-electron chi connectivity index (χ2n) is 17.4. The van der Waals surface area contributed by atoms with Gasteiger partial charge < -0.3 is 30.2 Å². The van der Waals surface area contributed by atoms with Crippen LogP contribution in [0.3, 0.4) is 0 Å². The predicted octanol–water partition coefficient (Wildman–Crippen LogP) is 6.46. The highest BCUT2D eigenvalue weighted by Crippen LogP contribution is 2.49. The van der Waals surface area contributed by atoms with Crippen LogP contribution in [0.1, 0.15) is 63.5 Å². The van der Waals surface area contributed by atoms with Crippen LogP contribution in [0, 0.1) is 17.3 Å². The number of pyridine rings is 1. The number of benzene rings is 2. The summed E-state index contributed by atoms with van der Waals surface area (Å²) >= 11 is 6.63. The SMILES string of the molecule is C[C@H]1CC2(CC[C@@H]1Nc1ccc3c(C4CCC(=O)NC4=O)nn(C)c3c1)CN(c1ncc(Cl)c(Nc3ccc4c(c3)c3c(c(=O)n4C)OCC(F)(F)C(C4CC4)N3)n1)C2. The lowest BCUT2D eigenvalue weighted by Gasteiger charge is -2.55. The first-order valence-electron chi connectivity index (χ1n) is 20.3. The fraction of sp³-hybridized carbons (Fsp3) is 0.476. The molecule has 0 radical (unpaired) electrons. The van der Waals surface area contributed by atoms with Crippen LogP contribution in [0.15, 0.2) is 47.4 Å². The second-order valence-corrected chi connectivity index (χ2v) is 17.8. The number of anilines is 5. The largest absolute Gasteiger partial charge is 0.480 e. The maximum Gasteiger partial charge on any atom is 0.301 e. The molecule has 4 fully saturated rings. The number of hydrogen-bond acceptors (Lipinski definition) is 11. The highest BCUT2D eigenvalue weighted by atomic mass is 35.5. The third-order valence-corrected chi connectivity index (χ3v) is 13.4. The molecule has 2 amide bonds. The number of aromatic nitrogens is 5. The van der Waals surface area contributed by atoms with Gasteiger partial charge in [-0.3, -0.25) is 24.4 Å². The van der Waals surface area contributed by atoms with Gasteiger partial charge in [-0.05, 0) is 86.8 Å². The first-order chi connectivity index (χ1) is 28.3. The number of fused-ring (bicyclic) bond motifs is 4. The number of aryl methyl sites for hydroxylation is 2. The number of carbonyl (C=O) groups excluding carboxylic acids is 2. The molecule has 17 heteroatoms. The molecular formula is C42H45ClF2N10O4. The molecule has 0 bridgehead atoms. The first-order valence-corrected chi connectivity index (χ1v) is 20.7. The summed E-state index contributed by atoms with van der Waals surface area (Å²) in [6.07, 6.45) is 6.85. The van der Waals surface area contributed by atoms with E-state index in [2.05, 4.69) is 50.2 Å². The topological polar surface area (TPSA) is 160 Å². The number of halogens is 3. The van der Waals surface area contributed by atoms with Crippen LogP contribution in [-0.2, 0) is 23.7 Å². The first kappa shape index (κ1) is 37.7. The van der Waals surface area contributed by atoms with Crippen molar-refractivity contribution in [2.24, 2.45) is 31.3 Å². The molecule has 2 saturated heterocycles. The molecule has 2 saturated carbocycles. The molecule has 10 rings (SSSR count). The Morgan fingerprint density at radius 1 is 0.983 bits per heavy atom. The van der Waals surface area contributed by atoms with Crippen LogP contribution < -0.4 is 36.5 Å². The van der Waals surface area contributed by atoms with Gasteiger partial charge >= 0.3 is 5.92 Å². The summed E-state index contributed by atoms with van der Waals surface area (Å²) in [6, 6.07) is 10.7. The van der Waals surface area contributed by atoms with Gasteiger partial charge in [-0.25, -0.2) is 13.8 Å². The number of nitrogens with one attached hydrogen (secondary N) is 4. The normalized spacial score (nSPS) is 24.8. The summed E-state index contributed by atoms with van der Waals surface area (Å²) in [5.41, 5.74) is 3.78. The Labute approximate surface area is 343 Å². The standard InChI is InChI=1S/C42H45ClF2N10O4/c1-21-16-41(13-12-29(21)47-24-6-8-25-31(15-24)54(3)52-33(25)26-9-11-32(56)49-38(26)57)18-55(19-41)40-46-17-28(43)37(51-40)48-23-7-10-30-27(14-23)34-35(39(58)53(30)2)59-20-42(44,45)36(50-34)22-4-5-22/h6-8,10,14-15,17,21-22,26,29,36,47,50H,4-5,9,11-13,16,18-20H2,1-3H3,(H,46,48,51)(H,49,56,57)/t21-,26?,29-,36?/m0/s1. The average molecular weight is 827 g/mol. The van der Waals surface area contributed by atoms with E-state index in [1.165, 1.54) is 4.57 Å². The summed E-state index contributed by atoms with van der Waals surface area (Å²) in [5, 5.41) is 19.1. The molecule has 2 unspecified atom stereocenters. The van der Waals surface area contributed by atoms with E-state index in [1.54, 1.807) is 31.4 Å². The lowest BCUT2D eigenvalue weighted by molar-refractivity contribution is -0.134. The molecule has 308 valence electrons. The molecule has 5 aliphatic rings. The number of piperidine rings is 1. The fourth-order valence-electron chi connectivity index (χ4n) is 9.90. The van der Waals surface area contributed by atoms with Gasteiger partial charge in [0, 0.05) is 67.2 Å². The minimum atomic E-state index is -3.13. The van der Waals surface area contributed by atoms with Gasteiger partial charge in [-0.2, -0.15) is 10.1 Å². The van der Waals surface area contributed by atoms with Gasteiger partial charge in [0.1, 0.15) is 5.02 Å². The van der Waals surface area contributed by atoms with Crippen LogP contribution in [0.25, 0.3) is 21.8 Å². The summed E-state index contributed by atoms with van der Waals surface area (Å²) < 4.78 is 39.1. The smallest absolute Gasteiger partial charge is 0.301 e. The maximum absolute atomic E-state index is 15.2. The van der Waals surface area contributed by atoms with Crippen LogP contribution in [0.4, 0.5) is 37.6 Å². The number of imide groups is 1. The van der Waals surface area contributed by atoms with Crippen molar-refractivity contribution in [3.05, 3.63) is 63.7 Å². The molecule has 2 aliphatic carbocycles. The monoisotopic (exact) mass is 826 g/mol. The molecule has 59 heavy (non-hydrogen) atoms. The Kier molecular flexibility index (Phi) is 8.82. The predicted molar refractivity (Wildman–Crippen MR) is 221 cm³/mol. The quantitative estimate of drug-likeness (QED) is 0.134. The van der Waals surface area contributed by atoms with E-state index in [1.807, 2.05) is 17.8 Å². The van der Waals surface area contributed by atoms with Gasteiger partial charge in [-0.15, -0.1) is 0 Å². The molecule has 4 atom stereocenters. The number of amides is 2. The zero-order chi connectivity index (χ0) is 41.0. The third kappa shape index (κ3) is 6.59. The van der Waals surface area contributed by atoms with E-state index >= 15 is 8.78 Å². The van der Waals surface area contributed by atoms with Gasteiger partial charge in [0.2, 0.25) is 23.5 Å². The van der Waals surface area contributed by atoms with Gasteiger partial charge in [-0.1, -0.05) is 18.5 Å². The number of nitrogens with zero attached hydrogens (tertiary/aromatic N) is 6. The van der Waals surface area contributed by atoms with Crippen molar-refractivity contribution in [3.63, 3.8) is 0 Å². The van der Waals surface area contributed by atoms with E-state index in [9.17, 15) is 14.4 Å². The summed E-state index contributed by atoms with van der Waals surface area (Å²) in [4.78, 5) is 49.1. The molecular weight excluding hydrogens is 782 g/mol. The summed E-state index contributed by atoms with van der Waals surface area (Å²) in [5.74, 6) is -3.01. The molecule has 3 aliphatic heterocycles. The van der Waals surface area contributed by atoms with Crippen molar-refractivity contribution in [1.29, 1.82) is 0 Å². The van der Waals surface area contributed by atoms with E-state index < -0.39 is 30.0 Å². The lowest BCUT2D eigenvalue weighted by atomic mass is 9.64. The van der Waals surface area contributed by atoms with Crippen molar-refractivity contribution < 1.29 is 23.1 Å². The minimum absolute atomic E-state index is 0.110. The summed E-state index contributed by atoms with van der Waals surface area (Å²) in [7, 11) is 3.48. The number of alkyl halides is 2. The van der Waals surface area contributed by atoms with Gasteiger partial charge in [0.25, 0.3) is 5.56 Å². The van der Waals surface area contributed by atoms with Crippen LogP contribution in [0.5, 0.6) is 5.75 Å². The van der Waals surface area contributed by atoms with Crippen molar-refractivity contribution >= 4 is 74.0 Å². The van der Waals surface area contributed by atoms with Crippen LogP contribution in [0.2, 0.25) is 5.02 Å². The van der Waals surface area contributed by atoms with Crippen molar-refractivity contribution in [3.8, 4) is 5.75 Å². The Balaban J connectivity index is 0.814. The zero-order valence-electron chi connectivity index (χ0n) is 32.9. The van der Waals surface area contributed by atoms with Crippen molar-refractivity contribution in [1.82, 2.24) is 29.6 Å². The van der Waals surface area contributed by atoms with Crippen LogP contribution in [-0.4, -0.2) is 73.8 Å². The molecule has 4 N–H and O–H groups in total. The molecule has 14 nitrogen and oxygen atoms in total. The summed E-state index contributed by atoms with van der Waals surface area (Å²) in [6.45, 7) is 3.08. The molecule has 6 heterocycles. The van der Waals surface area contributed by atoms with Crippen molar-refractivity contribution in [2.45, 2.75) is 75.8 Å². The van der Waals surface area contributed by atoms with E-state index in [0.29, 0.717) is 70.7 Å². The van der Waals surface area contributed by atoms with E-state index in [4.69, 9.17) is 26.4 Å². The van der Waals surface area contributed by atoms with E-state index in [0.717, 1.165) is 48.9 Å². The second kappa shape index (κ2) is 13.8. The minimum Gasteiger partial charge on any atom is -0.480 e. The highest BCUT2D eigenvalue weighted by molar-refractivity contribution is 6.33. The average Bonchev–Trinajstić information content (AvgIpc) is 4.00. The highest BCUT2D eigenvalue weighted by Gasteiger charge is 2.51. The Morgan fingerprint density at radius 3 is 2.54 bits per heavy atom. The fourth-order valence-corrected chi connectivity index (χ4v) is 10.0. The van der Waals surface area contributed by atoms with Crippen LogP contribution >= 0.6 is 11.6 Å². The third-order valence-electron chi connectivity index (χ3n) is 13.2. The number of carbonyl (C=O) groups is 2. The molecule has 3 aromatic heterocycles. The van der Waals surface area contributed by atoms with Crippen molar-refractivity contribution in [2.75, 3.05) is 40.5 Å². The Hall–Kier alpha value is -5.51. The number of ether oxygens (including phenoxy) is 1. The number of hydrogen-bond donors (Lipinski definition) is 4. The van der Waals surface area contributed by atoms with Gasteiger partial charge in [0.05, 0.1) is 40.6 Å². The van der Waals surface area contributed by atoms with Gasteiger partial charge in [0.15, 0.2) is 12.4 Å². The Bertz CT molecular complexity index is 2620. The lowest BCUT2D eigenvalue weighted by Crippen LogP contribution is -2.60. The molecule has 2 aromatic carbocycles. The zero-order valence-corrected chi connectivity index (χ0v) is 33.7. The maximum atomic E-state index is 15.2.